The largest absolute Gasteiger partial charge is 0.439 e. The summed E-state index contributed by atoms with van der Waals surface area (Å²) >= 11 is 1.40. The van der Waals surface area contributed by atoms with Crippen LogP contribution in [0.2, 0.25) is 0 Å². The average Bonchev–Trinajstić information content (AvgIpc) is 3.01. The lowest BCUT2D eigenvalue weighted by atomic mass is 10.2. The first-order valence-corrected chi connectivity index (χ1v) is 6.72. The molecule has 0 aliphatic carbocycles. The number of rotatable bonds is 3. The first-order chi connectivity index (χ1) is 9.75. The highest BCUT2D eigenvalue weighted by Crippen LogP contribution is 2.08. The number of carbonyl (C=O) groups is 1. The lowest BCUT2D eigenvalue weighted by Crippen LogP contribution is -2.26. The smallest absolute Gasteiger partial charge is 0.340 e. The molecule has 0 saturated carbocycles. The number of thiophene rings is 1. The predicted molar refractivity (Wildman–Crippen MR) is 73.5 cm³/mol. The van der Waals surface area contributed by atoms with E-state index in [-0.39, 0.29) is 12.3 Å². The normalized spacial score (nSPS) is 10.6. The first kappa shape index (κ1) is 12.5. The van der Waals surface area contributed by atoms with Gasteiger partial charge in [0, 0.05) is 5.38 Å². The number of aromatic nitrogens is 3. The fourth-order valence-corrected chi connectivity index (χ4v) is 2.32. The maximum absolute atomic E-state index is 12.1. The number of esters is 1. The Hall–Kier alpha value is -2.54. The van der Waals surface area contributed by atoms with E-state index in [2.05, 4.69) is 10.3 Å². The second-order valence-electron chi connectivity index (χ2n) is 3.98. The van der Waals surface area contributed by atoms with E-state index in [1.807, 2.05) is 0 Å². The zero-order valence-corrected chi connectivity index (χ0v) is 11.0. The summed E-state index contributed by atoms with van der Waals surface area (Å²) in [5.41, 5.74) is 0.628. The summed E-state index contributed by atoms with van der Waals surface area (Å²) in [7, 11) is 0. The molecule has 6 nitrogen and oxygen atoms in total. The van der Waals surface area contributed by atoms with Gasteiger partial charge in [-0.15, -0.1) is 5.10 Å². The summed E-state index contributed by atoms with van der Waals surface area (Å²) in [6.45, 7) is -0.259. The maximum Gasteiger partial charge on any atom is 0.340 e. The van der Waals surface area contributed by atoms with Crippen LogP contribution in [0.1, 0.15) is 10.4 Å². The molecule has 0 radical (unpaired) electrons. The minimum Gasteiger partial charge on any atom is -0.439 e. The van der Waals surface area contributed by atoms with Crippen molar-refractivity contribution in [1.82, 2.24) is 15.0 Å². The van der Waals surface area contributed by atoms with Gasteiger partial charge in [-0.25, -0.2) is 4.79 Å². The molecule has 7 heteroatoms. The van der Waals surface area contributed by atoms with Gasteiger partial charge in [-0.05, 0) is 23.6 Å². The van der Waals surface area contributed by atoms with Crippen LogP contribution in [0.5, 0.6) is 0 Å². The third kappa shape index (κ3) is 2.30. The lowest BCUT2D eigenvalue weighted by molar-refractivity contribution is 0.0337. The number of carbonyl (C=O) groups excluding carboxylic acids is 1. The van der Waals surface area contributed by atoms with E-state index in [0.29, 0.717) is 16.5 Å². The molecule has 3 aromatic rings. The topological polar surface area (TPSA) is 74.1 Å². The first-order valence-electron chi connectivity index (χ1n) is 5.77. The van der Waals surface area contributed by atoms with Crippen LogP contribution in [0.4, 0.5) is 0 Å². The monoisotopic (exact) mass is 287 g/mol. The van der Waals surface area contributed by atoms with Crippen molar-refractivity contribution in [1.29, 1.82) is 0 Å². The molecule has 0 fully saturated rings. The fraction of sp³-hybridized carbons (Fsp3) is 0.0769. The van der Waals surface area contributed by atoms with Crippen molar-refractivity contribution in [2.75, 3.05) is 0 Å². The van der Waals surface area contributed by atoms with Crippen molar-refractivity contribution in [2.24, 2.45) is 0 Å². The van der Waals surface area contributed by atoms with Gasteiger partial charge in [0.05, 0.1) is 10.9 Å². The highest BCUT2D eigenvalue weighted by molar-refractivity contribution is 7.08. The minimum absolute atomic E-state index is 0.259. The molecule has 0 amide bonds. The summed E-state index contributed by atoms with van der Waals surface area (Å²) in [4.78, 5) is 23.8. The Morgan fingerprint density at radius 2 is 2.15 bits per heavy atom. The number of fused-ring (bicyclic) bond motifs is 1. The third-order valence-corrected chi connectivity index (χ3v) is 3.39. The zero-order chi connectivity index (χ0) is 13.9. The summed E-state index contributed by atoms with van der Waals surface area (Å²) < 4.78 is 6.05. The predicted octanol–water partition coefficient (Wildman–Crippen LogP) is 1.67. The molecule has 0 aliphatic rings. The number of ether oxygens (including phenoxy) is 1. The van der Waals surface area contributed by atoms with E-state index in [1.54, 1.807) is 41.1 Å². The molecule has 0 spiro atoms. The van der Waals surface area contributed by atoms with Gasteiger partial charge in [0.15, 0.2) is 6.73 Å². The van der Waals surface area contributed by atoms with Crippen molar-refractivity contribution in [3.8, 4) is 0 Å². The third-order valence-electron chi connectivity index (χ3n) is 2.70. The number of nitrogens with zero attached hydrogens (tertiary/aromatic N) is 3. The van der Waals surface area contributed by atoms with Crippen molar-refractivity contribution >= 4 is 28.2 Å². The summed E-state index contributed by atoms with van der Waals surface area (Å²) in [6, 6.07) is 8.53. The Kier molecular flexibility index (Phi) is 3.26. The second-order valence-corrected chi connectivity index (χ2v) is 4.76. The van der Waals surface area contributed by atoms with E-state index in [1.165, 1.54) is 11.3 Å². The molecule has 0 aliphatic heterocycles. The van der Waals surface area contributed by atoms with Crippen LogP contribution in [0.3, 0.4) is 0 Å². The Labute approximate surface area is 117 Å². The standard InChI is InChI=1S/C13H9N3O3S/c17-12-10-3-1-2-4-11(10)14-15-16(12)8-19-13(18)9-5-6-20-7-9/h1-7H,8H2. The van der Waals surface area contributed by atoms with Gasteiger partial charge >= 0.3 is 5.97 Å². The molecule has 3 rings (SSSR count). The van der Waals surface area contributed by atoms with Gasteiger partial charge in [-0.1, -0.05) is 17.3 Å². The Bertz CT molecular complexity index is 811. The van der Waals surface area contributed by atoms with Gasteiger partial charge in [-0.3, -0.25) is 4.79 Å². The van der Waals surface area contributed by atoms with Crippen molar-refractivity contribution in [3.63, 3.8) is 0 Å². The van der Waals surface area contributed by atoms with Crippen molar-refractivity contribution < 1.29 is 9.53 Å². The molecule has 1 aromatic carbocycles. The molecule has 20 heavy (non-hydrogen) atoms. The fourth-order valence-electron chi connectivity index (χ4n) is 1.69. The quantitative estimate of drug-likeness (QED) is 0.685. The van der Waals surface area contributed by atoms with E-state index in [9.17, 15) is 9.59 Å². The maximum atomic E-state index is 12.1. The molecule has 2 heterocycles. The van der Waals surface area contributed by atoms with Crippen LogP contribution in [0.25, 0.3) is 10.9 Å². The molecule has 100 valence electrons. The SMILES string of the molecule is O=C(OCn1nnc2ccccc2c1=O)c1ccsc1. The molecule has 2 aromatic heterocycles. The molecular formula is C13H9N3O3S. The lowest BCUT2D eigenvalue weighted by Gasteiger charge is -2.05. The molecule has 0 saturated heterocycles. The van der Waals surface area contributed by atoms with Gasteiger partial charge in [0.2, 0.25) is 0 Å². The average molecular weight is 287 g/mol. The van der Waals surface area contributed by atoms with Gasteiger partial charge in [0.1, 0.15) is 5.52 Å². The van der Waals surface area contributed by atoms with Gasteiger partial charge in [-0.2, -0.15) is 16.0 Å². The van der Waals surface area contributed by atoms with Crippen LogP contribution in [0, 0.1) is 0 Å². The second kappa shape index (κ2) is 5.22. The molecular weight excluding hydrogens is 278 g/mol. The van der Waals surface area contributed by atoms with Crippen LogP contribution < -0.4 is 5.56 Å². The van der Waals surface area contributed by atoms with E-state index in [0.717, 1.165) is 4.68 Å². The van der Waals surface area contributed by atoms with Crippen LogP contribution in [-0.2, 0) is 11.5 Å². The molecule has 0 bridgehead atoms. The Morgan fingerprint density at radius 3 is 2.95 bits per heavy atom. The highest BCUT2D eigenvalue weighted by Gasteiger charge is 2.10. The Morgan fingerprint density at radius 1 is 1.30 bits per heavy atom. The summed E-state index contributed by atoms with van der Waals surface area (Å²) in [5.74, 6) is -0.492. The van der Waals surface area contributed by atoms with Crippen LogP contribution in [-0.4, -0.2) is 21.0 Å². The van der Waals surface area contributed by atoms with Crippen molar-refractivity contribution in [3.05, 3.63) is 57.0 Å². The van der Waals surface area contributed by atoms with Gasteiger partial charge in [0.25, 0.3) is 5.56 Å². The minimum atomic E-state index is -0.492. The molecule has 0 unspecified atom stereocenters. The molecule has 0 atom stereocenters. The van der Waals surface area contributed by atoms with E-state index in [4.69, 9.17) is 4.74 Å². The van der Waals surface area contributed by atoms with Crippen molar-refractivity contribution in [2.45, 2.75) is 6.73 Å². The van der Waals surface area contributed by atoms with Crippen LogP contribution >= 0.6 is 11.3 Å². The highest BCUT2D eigenvalue weighted by atomic mass is 32.1. The van der Waals surface area contributed by atoms with E-state index < -0.39 is 5.97 Å². The van der Waals surface area contributed by atoms with Crippen LogP contribution in [0.15, 0.2) is 45.9 Å². The van der Waals surface area contributed by atoms with Gasteiger partial charge < -0.3 is 4.74 Å². The van der Waals surface area contributed by atoms with E-state index >= 15 is 0 Å². The summed E-state index contributed by atoms with van der Waals surface area (Å²) in [6.07, 6.45) is 0. The Balaban J connectivity index is 1.83. The number of hydrogen-bond donors (Lipinski definition) is 0. The number of benzene rings is 1. The molecule has 0 N–H and O–H groups in total. The summed E-state index contributed by atoms with van der Waals surface area (Å²) in [5, 5.41) is 11.5. The number of hydrogen-bond acceptors (Lipinski definition) is 6. The zero-order valence-electron chi connectivity index (χ0n) is 10.2.